The fourth-order valence-corrected chi connectivity index (χ4v) is 1.81. The van der Waals surface area contributed by atoms with E-state index in [4.69, 9.17) is 11.6 Å². The van der Waals surface area contributed by atoms with Crippen LogP contribution >= 0.6 is 11.6 Å². The van der Waals surface area contributed by atoms with Crippen LogP contribution < -0.4 is 10.6 Å². The number of urea groups is 1. The molecule has 0 aliphatic rings. The van der Waals surface area contributed by atoms with Crippen molar-refractivity contribution in [2.24, 2.45) is 0 Å². The number of aryl methyl sites for hydroxylation is 1. The highest BCUT2D eigenvalue weighted by atomic mass is 35.5. The number of anilines is 2. The molecule has 2 rings (SSSR count). The van der Waals surface area contributed by atoms with Crippen molar-refractivity contribution in [3.63, 3.8) is 0 Å². The molecule has 0 spiro atoms. The molecule has 1 heterocycles. The third-order valence-corrected chi connectivity index (χ3v) is 3.22. The molecule has 0 fully saturated rings. The van der Waals surface area contributed by atoms with Crippen LogP contribution in [0.4, 0.5) is 16.2 Å². The normalized spacial score (nSPS) is 10.0. The van der Waals surface area contributed by atoms with Gasteiger partial charge in [0.1, 0.15) is 5.15 Å². The van der Waals surface area contributed by atoms with E-state index in [-0.39, 0.29) is 5.78 Å². The van der Waals surface area contributed by atoms with E-state index < -0.39 is 6.03 Å². The van der Waals surface area contributed by atoms with Gasteiger partial charge in [-0.1, -0.05) is 11.6 Å². The Labute approximate surface area is 127 Å². The van der Waals surface area contributed by atoms with Gasteiger partial charge in [0.05, 0.1) is 11.9 Å². The molecular weight excluding hydrogens is 290 g/mol. The molecule has 0 aliphatic heterocycles. The summed E-state index contributed by atoms with van der Waals surface area (Å²) in [5.41, 5.74) is 2.52. The Morgan fingerprint density at radius 2 is 1.71 bits per heavy atom. The summed E-state index contributed by atoms with van der Waals surface area (Å²) in [4.78, 5) is 27.0. The predicted molar refractivity (Wildman–Crippen MR) is 83.1 cm³/mol. The Morgan fingerprint density at radius 1 is 1.10 bits per heavy atom. The first kappa shape index (κ1) is 15.0. The molecule has 0 bridgehead atoms. The van der Waals surface area contributed by atoms with E-state index in [1.54, 1.807) is 37.3 Å². The molecule has 1 aromatic carbocycles. The first-order valence-electron chi connectivity index (χ1n) is 6.27. The summed E-state index contributed by atoms with van der Waals surface area (Å²) in [6.45, 7) is 3.30. The molecule has 108 valence electrons. The average molecular weight is 304 g/mol. The number of hydrogen-bond acceptors (Lipinski definition) is 3. The van der Waals surface area contributed by atoms with Crippen LogP contribution in [0.5, 0.6) is 0 Å². The van der Waals surface area contributed by atoms with Crippen LogP contribution in [0.2, 0.25) is 5.15 Å². The molecule has 0 aliphatic carbocycles. The number of carbonyl (C=O) groups is 2. The van der Waals surface area contributed by atoms with Crippen LogP contribution in [0.25, 0.3) is 0 Å². The van der Waals surface area contributed by atoms with E-state index in [0.29, 0.717) is 22.1 Å². The minimum atomic E-state index is -0.394. The summed E-state index contributed by atoms with van der Waals surface area (Å²) in [5.74, 6) is -0.0197. The lowest BCUT2D eigenvalue weighted by molar-refractivity contribution is 0.101. The molecule has 0 saturated carbocycles. The van der Waals surface area contributed by atoms with Crippen molar-refractivity contribution in [2.75, 3.05) is 10.6 Å². The van der Waals surface area contributed by atoms with E-state index in [0.717, 1.165) is 5.56 Å². The lowest BCUT2D eigenvalue weighted by Gasteiger charge is -2.08. The minimum Gasteiger partial charge on any atom is -0.308 e. The van der Waals surface area contributed by atoms with Crippen LogP contribution in [0, 0.1) is 6.92 Å². The number of hydrogen-bond donors (Lipinski definition) is 2. The van der Waals surface area contributed by atoms with Gasteiger partial charge in [0.2, 0.25) is 0 Å². The molecule has 0 unspecified atom stereocenters. The second-order valence-corrected chi connectivity index (χ2v) is 4.90. The van der Waals surface area contributed by atoms with Gasteiger partial charge < -0.3 is 10.6 Å². The Hall–Kier alpha value is -2.40. The summed E-state index contributed by atoms with van der Waals surface area (Å²) in [7, 11) is 0. The van der Waals surface area contributed by atoms with Crippen molar-refractivity contribution in [2.45, 2.75) is 13.8 Å². The molecule has 21 heavy (non-hydrogen) atoms. The lowest BCUT2D eigenvalue weighted by atomic mass is 10.1. The molecule has 0 saturated heterocycles. The van der Waals surface area contributed by atoms with Gasteiger partial charge in [-0.25, -0.2) is 9.78 Å². The molecule has 0 atom stereocenters. The van der Waals surface area contributed by atoms with Gasteiger partial charge in [0, 0.05) is 11.3 Å². The highest BCUT2D eigenvalue weighted by Crippen LogP contribution is 2.16. The number of nitrogens with one attached hydrogen (secondary N) is 2. The molecule has 1 aromatic heterocycles. The van der Waals surface area contributed by atoms with Crippen LogP contribution in [0.15, 0.2) is 36.5 Å². The van der Waals surface area contributed by atoms with Crippen molar-refractivity contribution in [1.82, 2.24) is 4.98 Å². The number of aromatic nitrogens is 1. The summed E-state index contributed by atoms with van der Waals surface area (Å²) < 4.78 is 0. The van der Waals surface area contributed by atoms with Gasteiger partial charge in [0.15, 0.2) is 5.78 Å². The van der Waals surface area contributed by atoms with Gasteiger partial charge in [-0.2, -0.15) is 0 Å². The fourth-order valence-electron chi connectivity index (χ4n) is 1.71. The highest BCUT2D eigenvalue weighted by molar-refractivity contribution is 6.30. The number of pyridine rings is 1. The monoisotopic (exact) mass is 303 g/mol. The number of Topliss-reactive ketones (excluding diaryl/α,β-unsaturated/α-hetero) is 1. The smallest absolute Gasteiger partial charge is 0.308 e. The van der Waals surface area contributed by atoms with Crippen LogP contribution in [0.3, 0.4) is 0 Å². The minimum absolute atomic E-state index is 0.0197. The number of benzene rings is 1. The van der Waals surface area contributed by atoms with Crippen LogP contribution in [0.1, 0.15) is 22.8 Å². The molecule has 2 aromatic rings. The molecular formula is C15H14ClN3O2. The Balaban J connectivity index is 2.01. The molecule has 5 nitrogen and oxygen atoms in total. The first-order valence-corrected chi connectivity index (χ1v) is 6.64. The molecule has 2 amide bonds. The van der Waals surface area contributed by atoms with Crippen molar-refractivity contribution < 1.29 is 9.59 Å². The van der Waals surface area contributed by atoms with Gasteiger partial charge in [-0.15, -0.1) is 0 Å². The third kappa shape index (κ3) is 4.03. The largest absolute Gasteiger partial charge is 0.323 e. The van der Waals surface area contributed by atoms with E-state index in [1.165, 1.54) is 13.1 Å². The summed E-state index contributed by atoms with van der Waals surface area (Å²) in [6, 6.07) is 7.99. The maximum atomic E-state index is 11.8. The van der Waals surface area contributed by atoms with Crippen molar-refractivity contribution in [3.8, 4) is 0 Å². The van der Waals surface area contributed by atoms with Crippen molar-refractivity contribution in [3.05, 3.63) is 52.8 Å². The van der Waals surface area contributed by atoms with Gasteiger partial charge in [0.25, 0.3) is 0 Å². The summed E-state index contributed by atoms with van der Waals surface area (Å²) in [6.07, 6.45) is 1.48. The van der Waals surface area contributed by atoms with Crippen LogP contribution in [-0.4, -0.2) is 16.8 Å². The summed E-state index contributed by atoms with van der Waals surface area (Å²) in [5, 5.41) is 5.73. The van der Waals surface area contributed by atoms with Crippen LogP contribution in [-0.2, 0) is 0 Å². The third-order valence-electron chi connectivity index (χ3n) is 2.82. The number of halogens is 1. The van der Waals surface area contributed by atoms with Crippen molar-refractivity contribution in [1.29, 1.82) is 0 Å². The van der Waals surface area contributed by atoms with E-state index >= 15 is 0 Å². The number of rotatable bonds is 3. The van der Waals surface area contributed by atoms with E-state index in [1.807, 2.05) is 0 Å². The van der Waals surface area contributed by atoms with Gasteiger partial charge in [-0.3, -0.25) is 4.79 Å². The maximum Gasteiger partial charge on any atom is 0.323 e. The summed E-state index contributed by atoms with van der Waals surface area (Å²) >= 11 is 5.82. The highest BCUT2D eigenvalue weighted by Gasteiger charge is 2.05. The average Bonchev–Trinajstić information content (AvgIpc) is 2.43. The van der Waals surface area contributed by atoms with Gasteiger partial charge in [-0.05, 0) is 49.7 Å². The predicted octanol–water partition coefficient (Wildman–Crippen LogP) is 3.89. The number of nitrogens with zero attached hydrogens (tertiary/aromatic N) is 1. The molecule has 2 N–H and O–H groups in total. The zero-order valence-electron chi connectivity index (χ0n) is 11.6. The number of ketones is 1. The van der Waals surface area contributed by atoms with E-state index in [9.17, 15) is 9.59 Å². The fraction of sp³-hybridized carbons (Fsp3) is 0.133. The molecule has 0 radical (unpaired) electrons. The Bertz CT molecular complexity index is 684. The van der Waals surface area contributed by atoms with Gasteiger partial charge >= 0.3 is 6.03 Å². The second kappa shape index (κ2) is 6.37. The first-order chi connectivity index (χ1) is 9.95. The van der Waals surface area contributed by atoms with E-state index in [2.05, 4.69) is 15.6 Å². The molecule has 6 heteroatoms. The standard InChI is InChI=1S/C15H14ClN3O2/c1-9-7-13(8-17-14(9)16)19-15(21)18-12-5-3-11(4-6-12)10(2)20/h3-8H,1-2H3,(H2,18,19,21). The quantitative estimate of drug-likeness (QED) is 0.667. The number of amides is 2. The van der Waals surface area contributed by atoms with Crippen molar-refractivity contribution >= 4 is 34.8 Å². The lowest BCUT2D eigenvalue weighted by Crippen LogP contribution is -2.19. The number of carbonyl (C=O) groups excluding carboxylic acids is 2. The SMILES string of the molecule is CC(=O)c1ccc(NC(=O)Nc2cnc(Cl)c(C)c2)cc1. The Morgan fingerprint density at radius 3 is 2.29 bits per heavy atom. The maximum absolute atomic E-state index is 11.8. The Kier molecular flexibility index (Phi) is 4.55. The topological polar surface area (TPSA) is 71.1 Å². The zero-order valence-corrected chi connectivity index (χ0v) is 12.4. The zero-order chi connectivity index (χ0) is 15.4. The second-order valence-electron chi connectivity index (χ2n) is 4.54.